The number of aromatic nitrogens is 2. The van der Waals surface area contributed by atoms with E-state index in [-0.39, 0.29) is 19.3 Å². The molecule has 5 rings (SSSR count). The fourth-order valence-electron chi connectivity index (χ4n) is 4.24. The molecule has 1 amide bonds. The summed E-state index contributed by atoms with van der Waals surface area (Å²) >= 11 is 6.41. The molecule has 2 aromatic carbocycles. The van der Waals surface area contributed by atoms with Gasteiger partial charge in [0, 0.05) is 39.8 Å². The summed E-state index contributed by atoms with van der Waals surface area (Å²) in [5, 5.41) is 12.5. The molecule has 1 saturated heterocycles. The van der Waals surface area contributed by atoms with Crippen molar-refractivity contribution in [2.45, 2.75) is 33.7 Å². The molecule has 4 aromatic rings. The number of furan rings is 1. The van der Waals surface area contributed by atoms with E-state index in [4.69, 9.17) is 20.6 Å². The van der Waals surface area contributed by atoms with E-state index in [9.17, 15) is 13.2 Å². The third kappa shape index (κ3) is 7.91. The number of benzene rings is 2. The van der Waals surface area contributed by atoms with Crippen LogP contribution >= 0.6 is 11.6 Å². The lowest BCUT2D eigenvalue weighted by Crippen LogP contribution is -2.37. The molecule has 204 valence electrons. The summed E-state index contributed by atoms with van der Waals surface area (Å²) in [6.45, 7) is 4.16. The molecule has 3 heterocycles. The highest BCUT2D eigenvalue weighted by Gasteiger charge is 2.22. The van der Waals surface area contributed by atoms with Crippen molar-refractivity contribution in [2.75, 3.05) is 24.7 Å². The molecule has 1 aliphatic rings. The molecule has 11 heteroatoms. The number of amides is 1. The lowest BCUT2D eigenvalue weighted by molar-refractivity contribution is -0.120. The quantitative estimate of drug-likeness (QED) is 0.279. The summed E-state index contributed by atoms with van der Waals surface area (Å²) in [5.74, 6) is 1.38. The summed E-state index contributed by atoms with van der Waals surface area (Å²) in [7, 11) is -3.67. The topological polar surface area (TPSA) is 126 Å². The van der Waals surface area contributed by atoms with Gasteiger partial charge in [-0.2, -0.15) is 13.5 Å². The minimum Gasteiger partial charge on any atom is -0.456 e. The molecule has 0 radical (unpaired) electrons. The SMILES string of the molecule is C.CS(=O)(=O)O.Cc1cc(NC(=O)[C@@H]2CCCNC2)nn1Cc1cc(Cl)cc2cc(-c3ccccc3)oc12. The van der Waals surface area contributed by atoms with Crippen LogP contribution in [0.5, 0.6) is 0 Å². The third-order valence-corrected chi connectivity index (χ3v) is 6.15. The summed E-state index contributed by atoms with van der Waals surface area (Å²) in [6.07, 6.45) is 2.64. The third-order valence-electron chi connectivity index (χ3n) is 5.94. The summed E-state index contributed by atoms with van der Waals surface area (Å²) < 4.78 is 34.0. The second-order valence-corrected chi connectivity index (χ2v) is 11.0. The Kier molecular flexibility index (Phi) is 9.72. The first kappa shape index (κ1) is 29.4. The maximum Gasteiger partial charge on any atom is 0.261 e. The van der Waals surface area contributed by atoms with Gasteiger partial charge in [-0.1, -0.05) is 49.4 Å². The molecule has 38 heavy (non-hydrogen) atoms. The van der Waals surface area contributed by atoms with Crippen molar-refractivity contribution < 1.29 is 22.2 Å². The van der Waals surface area contributed by atoms with Crippen molar-refractivity contribution in [3.05, 3.63) is 70.9 Å². The zero-order valence-corrected chi connectivity index (χ0v) is 22.1. The zero-order chi connectivity index (χ0) is 26.6. The van der Waals surface area contributed by atoms with Crippen molar-refractivity contribution in [1.82, 2.24) is 15.1 Å². The van der Waals surface area contributed by atoms with E-state index in [1.165, 1.54) is 0 Å². The number of nitrogens with zero attached hydrogens (tertiary/aromatic N) is 2. The average molecular weight is 561 g/mol. The molecule has 0 saturated carbocycles. The molecule has 3 N–H and O–H groups in total. The summed E-state index contributed by atoms with van der Waals surface area (Å²) in [4.78, 5) is 12.6. The van der Waals surface area contributed by atoms with Crippen LogP contribution in [0.15, 0.2) is 59.0 Å². The Morgan fingerprint density at radius 1 is 1.24 bits per heavy atom. The van der Waals surface area contributed by atoms with Crippen molar-refractivity contribution in [3.63, 3.8) is 0 Å². The van der Waals surface area contributed by atoms with Gasteiger partial charge in [0.25, 0.3) is 10.1 Å². The number of piperidine rings is 1. The predicted molar refractivity (Wildman–Crippen MR) is 151 cm³/mol. The molecule has 0 unspecified atom stereocenters. The molecular formula is C27H33ClN4O5S. The lowest BCUT2D eigenvalue weighted by atomic mass is 9.99. The van der Waals surface area contributed by atoms with Crippen LogP contribution in [0, 0.1) is 12.8 Å². The monoisotopic (exact) mass is 560 g/mol. The fourth-order valence-corrected chi connectivity index (χ4v) is 4.49. The Bertz CT molecular complexity index is 1480. The second-order valence-electron chi connectivity index (χ2n) is 9.05. The van der Waals surface area contributed by atoms with E-state index in [1.807, 2.05) is 66.2 Å². The van der Waals surface area contributed by atoms with Crippen molar-refractivity contribution in [2.24, 2.45) is 5.92 Å². The number of nitrogens with one attached hydrogen (secondary N) is 2. The first-order chi connectivity index (χ1) is 17.6. The molecule has 0 aliphatic carbocycles. The number of halogens is 1. The van der Waals surface area contributed by atoms with Crippen LogP contribution < -0.4 is 10.6 Å². The lowest BCUT2D eigenvalue weighted by Gasteiger charge is -2.21. The number of anilines is 1. The first-order valence-electron chi connectivity index (χ1n) is 11.8. The highest BCUT2D eigenvalue weighted by Crippen LogP contribution is 2.32. The molecule has 1 aliphatic heterocycles. The van der Waals surface area contributed by atoms with E-state index in [0.29, 0.717) is 30.2 Å². The maximum absolute atomic E-state index is 12.6. The van der Waals surface area contributed by atoms with Gasteiger partial charge in [0.05, 0.1) is 18.7 Å². The predicted octanol–water partition coefficient (Wildman–Crippen LogP) is 5.38. The van der Waals surface area contributed by atoms with E-state index in [2.05, 4.69) is 15.7 Å². The minimum absolute atomic E-state index is 0. The number of carbonyl (C=O) groups is 1. The van der Waals surface area contributed by atoms with E-state index < -0.39 is 10.1 Å². The second kappa shape index (κ2) is 12.6. The van der Waals surface area contributed by atoms with Crippen LogP contribution in [0.4, 0.5) is 5.82 Å². The van der Waals surface area contributed by atoms with E-state index in [1.54, 1.807) is 0 Å². The number of carbonyl (C=O) groups excluding carboxylic acids is 1. The van der Waals surface area contributed by atoms with Crippen LogP contribution in [-0.2, 0) is 21.5 Å². The van der Waals surface area contributed by atoms with Gasteiger partial charge < -0.3 is 15.1 Å². The van der Waals surface area contributed by atoms with Crippen LogP contribution in [0.2, 0.25) is 5.02 Å². The number of hydrogen-bond acceptors (Lipinski definition) is 6. The molecule has 0 bridgehead atoms. The standard InChI is InChI=1S/C25H25ClN4O2.CH4O3S.CH4/c1-16-10-23(28-25(31)18-8-5-9-27-14-18)29-30(16)15-20-12-21(26)11-19-13-22(32-24(19)20)17-6-3-2-4-7-17;1-5(2,3)4;/h2-4,6-7,10-13,18,27H,5,8-9,14-15H2,1H3,(H,28,29,31);1H3,(H,2,3,4);1H4/t18-;;/m1../s1. The molecule has 2 aromatic heterocycles. The molecule has 1 fully saturated rings. The Morgan fingerprint density at radius 2 is 1.95 bits per heavy atom. The normalized spacial score (nSPS) is 15.3. The largest absolute Gasteiger partial charge is 0.456 e. The van der Waals surface area contributed by atoms with Crippen LogP contribution in [0.3, 0.4) is 0 Å². The average Bonchev–Trinajstić information content (AvgIpc) is 3.42. The minimum atomic E-state index is -3.67. The van der Waals surface area contributed by atoms with Gasteiger partial charge in [-0.3, -0.25) is 14.0 Å². The summed E-state index contributed by atoms with van der Waals surface area (Å²) in [5.41, 5.74) is 3.70. The smallest absolute Gasteiger partial charge is 0.261 e. The highest BCUT2D eigenvalue weighted by molar-refractivity contribution is 7.85. The molecular weight excluding hydrogens is 528 g/mol. The van der Waals surface area contributed by atoms with Gasteiger partial charge in [0.1, 0.15) is 11.3 Å². The highest BCUT2D eigenvalue weighted by atomic mass is 35.5. The van der Waals surface area contributed by atoms with Crippen molar-refractivity contribution in [1.29, 1.82) is 0 Å². The van der Waals surface area contributed by atoms with Gasteiger partial charge in [-0.25, -0.2) is 0 Å². The number of rotatable bonds is 5. The Hall–Kier alpha value is -3.18. The molecule has 0 spiro atoms. The number of hydrogen-bond donors (Lipinski definition) is 3. The van der Waals surface area contributed by atoms with Gasteiger partial charge in [-0.05, 0) is 44.5 Å². The first-order valence-corrected chi connectivity index (χ1v) is 14.1. The molecule has 9 nitrogen and oxygen atoms in total. The van der Waals surface area contributed by atoms with Gasteiger partial charge in [-0.15, -0.1) is 0 Å². The Labute approximate surface area is 227 Å². The number of aryl methyl sites for hydroxylation is 1. The van der Waals surface area contributed by atoms with Gasteiger partial charge in [0.15, 0.2) is 5.82 Å². The van der Waals surface area contributed by atoms with Crippen LogP contribution in [-0.4, -0.2) is 48.0 Å². The molecule has 1 atom stereocenters. The maximum atomic E-state index is 12.6. The van der Waals surface area contributed by atoms with Crippen molar-refractivity contribution in [3.8, 4) is 11.3 Å². The van der Waals surface area contributed by atoms with Crippen LogP contribution in [0.25, 0.3) is 22.3 Å². The van der Waals surface area contributed by atoms with Gasteiger partial charge in [0.2, 0.25) is 5.91 Å². The van der Waals surface area contributed by atoms with Gasteiger partial charge >= 0.3 is 0 Å². The summed E-state index contributed by atoms with van der Waals surface area (Å²) in [6, 6.07) is 17.7. The van der Waals surface area contributed by atoms with E-state index in [0.717, 1.165) is 52.9 Å². The Balaban J connectivity index is 0.000000612. The van der Waals surface area contributed by atoms with Crippen molar-refractivity contribution >= 4 is 44.4 Å². The zero-order valence-electron chi connectivity index (χ0n) is 20.6. The number of fused-ring (bicyclic) bond motifs is 1. The van der Waals surface area contributed by atoms with E-state index >= 15 is 0 Å². The fraction of sp³-hybridized carbons (Fsp3) is 0.333. The van der Waals surface area contributed by atoms with Crippen LogP contribution in [0.1, 0.15) is 31.5 Å². The Morgan fingerprint density at radius 3 is 2.61 bits per heavy atom.